The third-order valence-corrected chi connectivity index (χ3v) is 5.35. The van der Waals surface area contributed by atoms with Gasteiger partial charge in [0, 0.05) is 13.1 Å². The quantitative estimate of drug-likeness (QED) is 0.832. The summed E-state index contributed by atoms with van der Waals surface area (Å²) >= 11 is 0. The summed E-state index contributed by atoms with van der Waals surface area (Å²) in [7, 11) is 0. The topological polar surface area (TPSA) is 29.5 Å². The second-order valence-corrected chi connectivity index (χ2v) is 7.81. The highest BCUT2D eigenvalue weighted by molar-refractivity contribution is 5.79. The van der Waals surface area contributed by atoms with Gasteiger partial charge in [-0.2, -0.15) is 0 Å². The number of carbonyl (C=O) groups is 1. The molecule has 0 aliphatic carbocycles. The molecule has 2 aromatic carbocycles. The highest BCUT2D eigenvalue weighted by atomic mass is 16.5. The first-order valence-corrected chi connectivity index (χ1v) is 9.16. The van der Waals surface area contributed by atoms with Crippen LogP contribution in [0.15, 0.2) is 42.5 Å². The Hall–Kier alpha value is -2.29. The average molecular weight is 335 g/mol. The van der Waals surface area contributed by atoms with E-state index in [-0.39, 0.29) is 11.5 Å². The molecule has 1 amide bonds. The first-order valence-electron chi connectivity index (χ1n) is 9.16. The van der Waals surface area contributed by atoms with E-state index >= 15 is 0 Å². The Morgan fingerprint density at radius 3 is 2.72 bits per heavy atom. The van der Waals surface area contributed by atoms with Gasteiger partial charge in [0.1, 0.15) is 11.4 Å². The number of ether oxygens (including phenoxy) is 1. The third kappa shape index (κ3) is 3.41. The average Bonchev–Trinajstić information content (AvgIpc) is 2.61. The summed E-state index contributed by atoms with van der Waals surface area (Å²) in [5, 5.41) is 0. The zero-order chi connectivity index (χ0) is 17.4. The Kier molecular flexibility index (Phi) is 4.03. The van der Waals surface area contributed by atoms with Crippen molar-refractivity contribution in [2.45, 2.75) is 51.7 Å². The maximum Gasteiger partial charge on any atom is 0.227 e. The van der Waals surface area contributed by atoms with Crippen molar-refractivity contribution in [2.24, 2.45) is 0 Å². The SMILES string of the molecule is CC1(C)CCc2cc(CC(=O)N3CCc4ccccc4C3)ccc2O1. The Morgan fingerprint density at radius 2 is 1.88 bits per heavy atom. The summed E-state index contributed by atoms with van der Waals surface area (Å²) < 4.78 is 6.04. The van der Waals surface area contributed by atoms with E-state index in [1.165, 1.54) is 16.7 Å². The van der Waals surface area contributed by atoms with E-state index in [9.17, 15) is 4.79 Å². The summed E-state index contributed by atoms with van der Waals surface area (Å²) in [6.07, 6.45) is 3.45. The van der Waals surface area contributed by atoms with Crippen molar-refractivity contribution >= 4 is 5.91 Å². The number of rotatable bonds is 2. The number of hydrogen-bond acceptors (Lipinski definition) is 2. The molecule has 0 bridgehead atoms. The largest absolute Gasteiger partial charge is 0.488 e. The number of carbonyl (C=O) groups excluding carboxylic acids is 1. The van der Waals surface area contributed by atoms with Crippen molar-refractivity contribution in [3.63, 3.8) is 0 Å². The van der Waals surface area contributed by atoms with Crippen LogP contribution in [-0.2, 0) is 30.6 Å². The van der Waals surface area contributed by atoms with Crippen LogP contribution in [0.1, 0.15) is 42.5 Å². The second kappa shape index (κ2) is 6.21. The molecule has 25 heavy (non-hydrogen) atoms. The van der Waals surface area contributed by atoms with Gasteiger partial charge in [-0.25, -0.2) is 0 Å². The Balaban J connectivity index is 1.45. The van der Waals surface area contributed by atoms with Gasteiger partial charge in [-0.1, -0.05) is 36.4 Å². The zero-order valence-electron chi connectivity index (χ0n) is 15.0. The molecule has 0 N–H and O–H groups in total. The molecule has 0 saturated heterocycles. The molecular weight excluding hydrogens is 310 g/mol. The van der Waals surface area contributed by atoms with Gasteiger partial charge in [0.2, 0.25) is 5.91 Å². The van der Waals surface area contributed by atoms with Crippen LogP contribution in [0.5, 0.6) is 5.75 Å². The Morgan fingerprint density at radius 1 is 1.08 bits per heavy atom. The van der Waals surface area contributed by atoms with Crippen LogP contribution in [0.3, 0.4) is 0 Å². The van der Waals surface area contributed by atoms with Crippen molar-refractivity contribution in [3.8, 4) is 5.75 Å². The van der Waals surface area contributed by atoms with Crippen molar-refractivity contribution < 1.29 is 9.53 Å². The first kappa shape index (κ1) is 16.2. The molecule has 0 radical (unpaired) electrons. The molecule has 2 aliphatic heterocycles. The minimum atomic E-state index is -0.0917. The van der Waals surface area contributed by atoms with Crippen molar-refractivity contribution in [3.05, 3.63) is 64.7 Å². The molecule has 4 rings (SSSR count). The molecule has 0 aromatic heterocycles. The van der Waals surface area contributed by atoms with E-state index in [4.69, 9.17) is 4.74 Å². The molecule has 0 atom stereocenters. The Labute approximate surface area is 149 Å². The van der Waals surface area contributed by atoms with Crippen LogP contribution in [0.2, 0.25) is 0 Å². The van der Waals surface area contributed by atoms with Crippen LogP contribution in [0, 0.1) is 0 Å². The highest BCUT2D eigenvalue weighted by Crippen LogP contribution is 2.33. The summed E-state index contributed by atoms with van der Waals surface area (Å²) in [4.78, 5) is 14.7. The summed E-state index contributed by atoms with van der Waals surface area (Å²) in [6, 6.07) is 14.7. The molecule has 2 aromatic rings. The zero-order valence-corrected chi connectivity index (χ0v) is 15.0. The maximum atomic E-state index is 12.7. The molecule has 3 heteroatoms. The van der Waals surface area contributed by atoms with E-state index in [2.05, 4.69) is 44.2 Å². The minimum Gasteiger partial charge on any atom is -0.488 e. The van der Waals surface area contributed by atoms with E-state index in [1.54, 1.807) is 0 Å². The van der Waals surface area contributed by atoms with E-state index in [0.29, 0.717) is 6.42 Å². The minimum absolute atomic E-state index is 0.0917. The summed E-state index contributed by atoms with van der Waals surface area (Å²) in [5.74, 6) is 1.19. The van der Waals surface area contributed by atoms with Crippen LogP contribution in [-0.4, -0.2) is 23.0 Å². The van der Waals surface area contributed by atoms with E-state index < -0.39 is 0 Å². The third-order valence-electron chi connectivity index (χ3n) is 5.35. The molecule has 0 unspecified atom stereocenters. The highest BCUT2D eigenvalue weighted by Gasteiger charge is 2.27. The first-order chi connectivity index (χ1) is 12.0. The molecular formula is C22H25NO2. The van der Waals surface area contributed by atoms with Gasteiger partial charge in [-0.05, 0) is 61.4 Å². The lowest BCUT2D eigenvalue weighted by atomic mass is 9.93. The van der Waals surface area contributed by atoms with E-state index in [1.807, 2.05) is 17.0 Å². The summed E-state index contributed by atoms with van der Waals surface area (Å²) in [6.45, 7) is 5.80. The van der Waals surface area contributed by atoms with Crippen molar-refractivity contribution in [1.82, 2.24) is 4.90 Å². The lowest BCUT2D eigenvalue weighted by Crippen LogP contribution is -2.37. The lowest BCUT2D eigenvalue weighted by Gasteiger charge is -2.33. The number of aryl methyl sites for hydroxylation is 1. The van der Waals surface area contributed by atoms with Crippen molar-refractivity contribution in [2.75, 3.05) is 6.54 Å². The smallest absolute Gasteiger partial charge is 0.227 e. The fourth-order valence-corrected chi connectivity index (χ4v) is 3.82. The number of hydrogen-bond donors (Lipinski definition) is 0. The molecule has 0 fully saturated rings. The van der Waals surface area contributed by atoms with Crippen molar-refractivity contribution in [1.29, 1.82) is 0 Å². The van der Waals surface area contributed by atoms with Gasteiger partial charge in [0.25, 0.3) is 0 Å². The molecule has 3 nitrogen and oxygen atoms in total. The molecule has 2 aliphatic rings. The number of nitrogens with zero attached hydrogens (tertiary/aromatic N) is 1. The number of fused-ring (bicyclic) bond motifs is 2. The fourth-order valence-electron chi connectivity index (χ4n) is 3.82. The van der Waals surface area contributed by atoms with Gasteiger partial charge < -0.3 is 9.64 Å². The standard InChI is InChI=1S/C22H25NO2/c1-22(2)11-9-18-13-16(7-8-20(18)25-22)14-21(24)23-12-10-17-5-3-4-6-19(17)15-23/h3-8,13H,9-12,14-15H2,1-2H3. The van der Waals surface area contributed by atoms with Crippen LogP contribution in [0.25, 0.3) is 0 Å². The van der Waals surface area contributed by atoms with Gasteiger partial charge in [-0.15, -0.1) is 0 Å². The van der Waals surface area contributed by atoms with Gasteiger partial charge in [0.05, 0.1) is 6.42 Å². The van der Waals surface area contributed by atoms with Gasteiger partial charge in [0.15, 0.2) is 0 Å². The van der Waals surface area contributed by atoms with Crippen LogP contribution >= 0.6 is 0 Å². The fraction of sp³-hybridized carbons (Fsp3) is 0.409. The summed E-state index contributed by atoms with van der Waals surface area (Å²) in [5.41, 5.74) is 4.88. The maximum absolute atomic E-state index is 12.7. The Bertz CT molecular complexity index is 809. The number of amides is 1. The molecule has 130 valence electrons. The van der Waals surface area contributed by atoms with Crippen LogP contribution < -0.4 is 4.74 Å². The predicted octanol–water partition coefficient (Wildman–Crippen LogP) is 3.92. The normalized spacial score (nSPS) is 18.1. The second-order valence-electron chi connectivity index (χ2n) is 7.81. The monoisotopic (exact) mass is 335 g/mol. The van der Waals surface area contributed by atoms with Gasteiger partial charge >= 0.3 is 0 Å². The molecule has 2 heterocycles. The predicted molar refractivity (Wildman–Crippen MR) is 98.7 cm³/mol. The molecule has 0 saturated carbocycles. The lowest BCUT2D eigenvalue weighted by molar-refractivity contribution is -0.131. The van der Waals surface area contributed by atoms with Gasteiger partial charge in [-0.3, -0.25) is 4.79 Å². The van der Waals surface area contributed by atoms with Crippen LogP contribution in [0.4, 0.5) is 0 Å². The van der Waals surface area contributed by atoms with E-state index in [0.717, 1.165) is 43.7 Å². The number of benzene rings is 2. The molecule has 0 spiro atoms.